The van der Waals surface area contributed by atoms with Crippen molar-refractivity contribution in [2.75, 3.05) is 13.2 Å². The molecule has 1 aliphatic rings. The number of carbonyl (C=O) groups is 1. The average Bonchev–Trinajstić information content (AvgIpc) is 3.38. The van der Waals surface area contributed by atoms with Crippen molar-refractivity contribution in [3.8, 4) is 26.9 Å². The van der Waals surface area contributed by atoms with Crippen LogP contribution in [0.4, 0.5) is 9.18 Å². The summed E-state index contributed by atoms with van der Waals surface area (Å²) in [6.07, 6.45) is -0.123. The lowest BCUT2D eigenvalue weighted by Gasteiger charge is -2.30. The molecule has 35 heavy (non-hydrogen) atoms. The molecule has 1 unspecified atom stereocenters. The molecule has 7 nitrogen and oxygen atoms in total. The second-order valence-corrected chi connectivity index (χ2v) is 10.7. The number of carboxylic acid groups (broad SMARTS) is 1. The maximum absolute atomic E-state index is 14.9. The monoisotopic (exact) mass is 519 g/mol. The van der Waals surface area contributed by atoms with E-state index in [0.717, 1.165) is 12.0 Å². The van der Waals surface area contributed by atoms with E-state index in [2.05, 4.69) is 36.2 Å². The van der Waals surface area contributed by atoms with Crippen LogP contribution in [0.3, 0.4) is 0 Å². The summed E-state index contributed by atoms with van der Waals surface area (Å²) in [6.45, 7) is 7.75. The van der Waals surface area contributed by atoms with Gasteiger partial charge in [0.2, 0.25) is 0 Å². The molecule has 0 bridgehead atoms. The van der Waals surface area contributed by atoms with Crippen molar-refractivity contribution in [3.63, 3.8) is 0 Å². The van der Waals surface area contributed by atoms with Crippen molar-refractivity contribution < 1.29 is 23.8 Å². The van der Waals surface area contributed by atoms with E-state index in [-0.39, 0.29) is 24.0 Å². The van der Waals surface area contributed by atoms with Gasteiger partial charge in [0.1, 0.15) is 22.3 Å². The Labute approximate surface area is 212 Å². The standard InChI is InChI=1S/C25H27ClFN3O4S/c1-14(2)9-15-5-7-16(8-6-15)22-28-29-23(35-22)18-10-20(27)21(11-19(18)26)33-12-17-13-34-25(3,4)30(17)24(31)32/h5-8,10-11,14,17H,9,12-13H2,1-4H3,(H,31,32). The predicted molar refractivity (Wildman–Crippen MR) is 133 cm³/mol. The molecule has 0 spiro atoms. The third-order valence-corrected chi connectivity index (χ3v) is 7.05. The summed E-state index contributed by atoms with van der Waals surface area (Å²) >= 11 is 7.77. The van der Waals surface area contributed by atoms with Crippen LogP contribution in [0.25, 0.3) is 21.1 Å². The normalized spacial score (nSPS) is 17.2. The molecule has 1 aliphatic heterocycles. The van der Waals surface area contributed by atoms with Gasteiger partial charge in [0.25, 0.3) is 0 Å². The minimum atomic E-state index is -1.13. The van der Waals surface area contributed by atoms with Crippen LogP contribution in [0.5, 0.6) is 5.75 Å². The Morgan fingerprint density at radius 1 is 1.29 bits per heavy atom. The highest BCUT2D eigenvalue weighted by Gasteiger charge is 2.44. The van der Waals surface area contributed by atoms with Gasteiger partial charge in [-0.1, -0.05) is 61.1 Å². The summed E-state index contributed by atoms with van der Waals surface area (Å²) in [5.74, 6) is -0.120. The summed E-state index contributed by atoms with van der Waals surface area (Å²) in [5.41, 5.74) is 1.62. The van der Waals surface area contributed by atoms with Crippen LogP contribution in [-0.4, -0.2) is 51.3 Å². The fraction of sp³-hybridized carbons (Fsp3) is 0.400. The summed E-state index contributed by atoms with van der Waals surface area (Å²) in [7, 11) is 0. The van der Waals surface area contributed by atoms with E-state index in [9.17, 15) is 14.3 Å². The first kappa shape index (κ1) is 25.3. The minimum absolute atomic E-state index is 0.0701. The number of rotatable bonds is 7. The zero-order valence-electron chi connectivity index (χ0n) is 19.9. The summed E-state index contributed by atoms with van der Waals surface area (Å²) in [4.78, 5) is 12.8. The van der Waals surface area contributed by atoms with Gasteiger partial charge in [-0.3, -0.25) is 4.90 Å². The fourth-order valence-corrected chi connectivity index (χ4v) is 5.26. The second kappa shape index (κ2) is 10.1. The van der Waals surface area contributed by atoms with Crippen LogP contribution in [-0.2, 0) is 11.2 Å². The molecule has 2 aromatic carbocycles. The van der Waals surface area contributed by atoms with E-state index < -0.39 is 23.7 Å². The largest absolute Gasteiger partial charge is 0.488 e. The third kappa shape index (κ3) is 5.58. The number of hydrogen-bond donors (Lipinski definition) is 1. The van der Waals surface area contributed by atoms with Crippen molar-refractivity contribution in [1.82, 2.24) is 15.1 Å². The van der Waals surface area contributed by atoms with Gasteiger partial charge in [-0.2, -0.15) is 0 Å². The highest BCUT2D eigenvalue weighted by molar-refractivity contribution is 7.18. The molecule has 0 saturated carbocycles. The second-order valence-electron chi connectivity index (χ2n) is 9.34. The molecule has 1 fully saturated rings. The maximum Gasteiger partial charge on any atom is 0.410 e. The molecule has 1 N–H and O–H groups in total. The van der Waals surface area contributed by atoms with Crippen LogP contribution in [0.15, 0.2) is 36.4 Å². The number of aromatic nitrogens is 2. The van der Waals surface area contributed by atoms with Crippen molar-refractivity contribution in [3.05, 3.63) is 52.8 Å². The molecule has 0 aliphatic carbocycles. The van der Waals surface area contributed by atoms with Crippen LogP contribution in [0.1, 0.15) is 33.3 Å². The van der Waals surface area contributed by atoms with Crippen LogP contribution in [0.2, 0.25) is 5.02 Å². The van der Waals surface area contributed by atoms with Crippen LogP contribution < -0.4 is 4.74 Å². The minimum Gasteiger partial charge on any atom is -0.488 e. The first-order chi connectivity index (χ1) is 16.5. The van der Waals surface area contributed by atoms with Gasteiger partial charge in [0.15, 0.2) is 11.6 Å². The first-order valence-corrected chi connectivity index (χ1v) is 12.5. The van der Waals surface area contributed by atoms with E-state index in [1.165, 1.54) is 33.9 Å². The summed E-state index contributed by atoms with van der Waals surface area (Å²) < 4.78 is 26.0. The van der Waals surface area contributed by atoms with Crippen molar-refractivity contribution in [1.29, 1.82) is 0 Å². The van der Waals surface area contributed by atoms with Crippen LogP contribution in [0, 0.1) is 11.7 Å². The topological polar surface area (TPSA) is 84.8 Å². The van der Waals surface area contributed by atoms with Crippen molar-refractivity contribution >= 4 is 29.0 Å². The quantitative estimate of drug-likeness (QED) is 0.391. The molecule has 186 valence electrons. The Morgan fingerprint density at radius 2 is 1.97 bits per heavy atom. The molecule has 2 heterocycles. The zero-order valence-corrected chi connectivity index (χ0v) is 21.5. The lowest BCUT2D eigenvalue weighted by molar-refractivity contribution is -0.0430. The number of halogens is 2. The molecule has 3 aromatic rings. The van der Waals surface area contributed by atoms with Crippen LogP contribution >= 0.6 is 22.9 Å². The fourth-order valence-electron chi connectivity index (χ4n) is 4.09. The zero-order chi connectivity index (χ0) is 25.3. The summed E-state index contributed by atoms with van der Waals surface area (Å²) in [6, 6.07) is 10.2. The number of benzene rings is 2. The van der Waals surface area contributed by atoms with Gasteiger partial charge in [-0.15, -0.1) is 10.2 Å². The van der Waals surface area contributed by atoms with Crippen molar-refractivity contribution in [2.45, 2.75) is 45.9 Å². The van der Waals surface area contributed by atoms with E-state index in [1.807, 2.05) is 12.1 Å². The van der Waals surface area contributed by atoms with Crippen molar-refractivity contribution in [2.24, 2.45) is 5.92 Å². The molecule has 1 amide bonds. The molecule has 10 heteroatoms. The summed E-state index contributed by atoms with van der Waals surface area (Å²) in [5, 5.41) is 19.4. The smallest absolute Gasteiger partial charge is 0.410 e. The SMILES string of the molecule is CC(C)Cc1ccc(-c2nnc(-c3cc(F)c(OCC4COC(C)(C)N4C(=O)O)cc3Cl)s2)cc1. The van der Waals surface area contributed by atoms with Gasteiger partial charge in [0, 0.05) is 17.2 Å². The molecule has 4 rings (SSSR count). The highest BCUT2D eigenvalue weighted by atomic mass is 35.5. The molecule has 1 aromatic heterocycles. The van der Waals surface area contributed by atoms with E-state index in [1.54, 1.807) is 13.8 Å². The highest BCUT2D eigenvalue weighted by Crippen LogP contribution is 2.37. The number of amides is 1. The predicted octanol–water partition coefficient (Wildman–Crippen LogP) is 6.36. The van der Waals surface area contributed by atoms with E-state index in [0.29, 0.717) is 21.5 Å². The Hall–Kier alpha value is -2.75. The molecular weight excluding hydrogens is 493 g/mol. The Kier molecular flexibility index (Phi) is 7.30. The lowest BCUT2D eigenvalue weighted by Crippen LogP contribution is -2.49. The molecule has 0 radical (unpaired) electrons. The molecular formula is C25H27ClFN3O4S. The van der Waals surface area contributed by atoms with E-state index in [4.69, 9.17) is 21.1 Å². The number of nitrogens with zero attached hydrogens (tertiary/aromatic N) is 3. The molecule has 1 atom stereocenters. The van der Waals surface area contributed by atoms with Gasteiger partial charge in [0.05, 0.1) is 17.7 Å². The number of ether oxygens (including phenoxy) is 2. The van der Waals surface area contributed by atoms with Gasteiger partial charge in [-0.25, -0.2) is 9.18 Å². The Balaban J connectivity index is 1.49. The number of hydrogen-bond acceptors (Lipinski definition) is 6. The Bertz CT molecular complexity index is 1220. The van der Waals surface area contributed by atoms with E-state index >= 15 is 0 Å². The molecule has 1 saturated heterocycles. The first-order valence-electron chi connectivity index (χ1n) is 11.3. The van der Waals surface area contributed by atoms with Gasteiger partial charge < -0.3 is 14.6 Å². The third-order valence-electron chi connectivity index (χ3n) is 5.73. The van der Waals surface area contributed by atoms with Gasteiger partial charge in [-0.05, 0) is 37.8 Å². The lowest BCUT2D eigenvalue weighted by atomic mass is 10.0. The maximum atomic E-state index is 14.9. The average molecular weight is 520 g/mol. The van der Waals surface area contributed by atoms with Gasteiger partial charge >= 0.3 is 6.09 Å². The Morgan fingerprint density at radius 3 is 2.63 bits per heavy atom.